The number of non-ortho nitro benzene ring substituents is 1. The molecule has 0 saturated carbocycles. The lowest BCUT2D eigenvalue weighted by Gasteiger charge is -2.27. The molecular formula is C61H69N6O15S2+. The number of anilines is 1. The number of allylic oxidation sites excluding steroid dienone is 6. The Hall–Kier alpha value is -7.83. The maximum atomic E-state index is 13.0. The molecule has 0 aliphatic carbocycles. The quantitative estimate of drug-likeness (QED) is 0.00881. The molecule has 3 N–H and O–H groups in total. The number of nitro groups is 2. The lowest BCUT2D eigenvalue weighted by atomic mass is 9.78. The largest absolute Gasteiger partial charge is 0.344 e. The molecule has 3 aliphatic rings. The van der Waals surface area contributed by atoms with Crippen LogP contribution in [0.4, 0.5) is 22.7 Å². The molecule has 5 aromatic rings. The Morgan fingerprint density at radius 2 is 1.40 bits per heavy atom. The normalized spacial score (nSPS) is 16.3. The van der Waals surface area contributed by atoms with E-state index in [1.807, 2.05) is 54.6 Å². The molecule has 0 spiro atoms. The molecule has 84 heavy (non-hydrogen) atoms. The molecule has 5 aromatic carbocycles. The van der Waals surface area contributed by atoms with Crippen molar-refractivity contribution >= 4 is 93.8 Å². The fourth-order valence-corrected chi connectivity index (χ4v) is 13.3. The van der Waals surface area contributed by atoms with Gasteiger partial charge in [-0.25, -0.2) is 4.79 Å². The second kappa shape index (κ2) is 25.2. The zero-order valence-corrected chi connectivity index (χ0v) is 49.4. The zero-order valence-electron chi connectivity index (χ0n) is 47.8. The minimum Gasteiger partial charge on any atom is -0.344 e. The van der Waals surface area contributed by atoms with Gasteiger partial charge in [-0.3, -0.25) is 43.7 Å². The van der Waals surface area contributed by atoms with Gasteiger partial charge in [0.05, 0.1) is 26.2 Å². The summed E-state index contributed by atoms with van der Waals surface area (Å²) in [5.74, 6) is -1.69. The van der Waals surface area contributed by atoms with Gasteiger partial charge in [-0.05, 0) is 142 Å². The zero-order chi connectivity index (χ0) is 61.1. The van der Waals surface area contributed by atoms with E-state index in [1.165, 1.54) is 30.3 Å². The highest BCUT2D eigenvalue weighted by Gasteiger charge is 2.46. The van der Waals surface area contributed by atoms with Crippen molar-refractivity contribution in [1.82, 2.24) is 10.4 Å². The third-order valence-electron chi connectivity index (χ3n) is 15.9. The number of unbranched alkanes of at least 4 members (excludes halogenated alkanes) is 4. The summed E-state index contributed by atoms with van der Waals surface area (Å²) in [6.45, 7) is 13.4. The predicted octanol–water partition coefficient (Wildman–Crippen LogP) is 11.0. The van der Waals surface area contributed by atoms with Gasteiger partial charge in [0.15, 0.2) is 5.71 Å². The Morgan fingerprint density at radius 3 is 2.10 bits per heavy atom. The van der Waals surface area contributed by atoms with Crippen molar-refractivity contribution in [2.24, 2.45) is 0 Å². The van der Waals surface area contributed by atoms with Crippen molar-refractivity contribution in [3.8, 4) is 0 Å². The van der Waals surface area contributed by atoms with E-state index in [9.17, 15) is 65.3 Å². The van der Waals surface area contributed by atoms with Crippen LogP contribution in [-0.2, 0) is 61.6 Å². The van der Waals surface area contributed by atoms with Crippen LogP contribution in [0.25, 0.3) is 21.5 Å². The summed E-state index contributed by atoms with van der Waals surface area (Å²) in [6, 6.07) is 17.4. The van der Waals surface area contributed by atoms with Crippen LogP contribution in [0.2, 0.25) is 0 Å². The van der Waals surface area contributed by atoms with Crippen LogP contribution in [0.3, 0.4) is 0 Å². The summed E-state index contributed by atoms with van der Waals surface area (Å²) in [6.07, 6.45) is 14.7. The van der Waals surface area contributed by atoms with Crippen LogP contribution in [0.5, 0.6) is 0 Å². The molecule has 8 rings (SSSR count). The number of ketones is 1. The van der Waals surface area contributed by atoms with E-state index in [2.05, 4.69) is 42.5 Å². The Labute approximate surface area is 487 Å². The highest BCUT2D eigenvalue weighted by Crippen LogP contribution is 2.52. The van der Waals surface area contributed by atoms with Gasteiger partial charge in [0.2, 0.25) is 5.69 Å². The number of nitrogens with zero attached hydrogens (tertiary/aromatic N) is 5. The Kier molecular flexibility index (Phi) is 18.6. The molecule has 444 valence electrons. The summed E-state index contributed by atoms with van der Waals surface area (Å²) >= 11 is 0. The summed E-state index contributed by atoms with van der Waals surface area (Å²) in [7, 11) is -9.13. The summed E-state index contributed by atoms with van der Waals surface area (Å²) < 4.78 is 73.2. The monoisotopic (exact) mass is 1190 g/mol. The first-order valence-corrected chi connectivity index (χ1v) is 30.8. The van der Waals surface area contributed by atoms with E-state index in [0.717, 1.165) is 51.8 Å². The predicted molar refractivity (Wildman–Crippen MR) is 316 cm³/mol. The van der Waals surface area contributed by atoms with Crippen molar-refractivity contribution in [1.29, 1.82) is 0 Å². The van der Waals surface area contributed by atoms with E-state index in [-0.39, 0.29) is 52.8 Å². The smallest absolute Gasteiger partial charge is 0.333 e. The van der Waals surface area contributed by atoms with Gasteiger partial charge >= 0.3 is 5.97 Å². The maximum absolute atomic E-state index is 13.0. The molecule has 1 saturated heterocycles. The van der Waals surface area contributed by atoms with E-state index in [1.54, 1.807) is 19.9 Å². The number of benzene rings is 5. The SMILES string of the molecule is Cc1cc(S(=O)(=O)O)c2ccc3c(c2c1)C(C)(C)C(=CC=CC=CC1=[N+](CCCCCC(=O)ON2C(=O)CCC2=O)c2ccc4c(C)cc(S(=O)(=O)O)cc4c2C1(C)C)N3CCCCCC(=O)CCCNCc1ccc([N+](=O)[O-])cc1[N+](=O)[O-]. The second-order valence-electron chi connectivity index (χ2n) is 22.6. The minimum absolute atomic E-state index is 0.00228. The molecule has 1 fully saturated rings. The number of amides is 2. The van der Waals surface area contributed by atoms with Crippen LogP contribution in [0.15, 0.2) is 113 Å². The van der Waals surface area contributed by atoms with Gasteiger partial charge in [0, 0.05) is 103 Å². The number of Topliss-reactive ketones (excluding diaryl/α,β-unsaturated/α-hetero) is 1. The molecule has 21 nitrogen and oxygen atoms in total. The van der Waals surface area contributed by atoms with Gasteiger partial charge in [-0.1, -0.05) is 50.6 Å². The molecular weight excluding hydrogens is 1120 g/mol. The highest BCUT2D eigenvalue weighted by molar-refractivity contribution is 7.86. The number of nitro benzene ring substituents is 2. The number of hydrogen-bond acceptors (Lipinski definition) is 15. The van der Waals surface area contributed by atoms with Crippen LogP contribution in [-0.4, -0.2) is 94.3 Å². The topological polar surface area (TPSA) is 294 Å². The van der Waals surface area contributed by atoms with Crippen molar-refractivity contribution < 1.29 is 64.4 Å². The van der Waals surface area contributed by atoms with Crippen molar-refractivity contribution in [2.75, 3.05) is 24.5 Å². The number of aryl methyl sites for hydroxylation is 2. The highest BCUT2D eigenvalue weighted by atomic mass is 32.2. The Balaban J connectivity index is 1.01. The lowest BCUT2D eigenvalue weighted by Crippen LogP contribution is -2.31. The van der Waals surface area contributed by atoms with Crippen LogP contribution >= 0.6 is 0 Å². The fourth-order valence-electron chi connectivity index (χ4n) is 11.9. The summed E-state index contributed by atoms with van der Waals surface area (Å²) in [5, 5.41) is 28.9. The summed E-state index contributed by atoms with van der Waals surface area (Å²) in [4.78, 5) is 77.8. The van der Waals surface area contributed by atoms with Gasteiger partial charge in [-0.15, -0.1) is 5.06 Å². The van der Waals surface area contributed by atoms with E-state index >= 15 is 0 Å². The van der Waals surface area contributed by atoms with Gasteiger partial charge in [0.1, 0.15) is 17.2 Å². The molecule has 0 unspecified atom stereocenters. The maximum Gasteiger partial charge on any atom is 0.333 e. The van der Waals surface area contributed by atoms with E-state index in [4.69, 9.17) is 4.84 Å². The third kappa shape index (κ3) is 13.4. The number of carbonyl (C=O) groups is 4. The number of carbonyl (C=O) groups excluding carboxylic acids is 4. The summed E-state index contributed by atoms with van der Waals surface area (Å²) in [5.41, 5.74) is 4.85. The number of nitrogens with one attached hydrogen (secondary N) is 1. The first kappa shape index (κ1) is 62.2. The minimum atomic E-state index is -4.58. The molecule has 0 radical (unpaired) electrons. The number of rotatable bonds is 26. The van der Waals surface area contributed by atoms with Crippen molar-refractivity contribution in [3.05, 3.63) is 151 Å². The first-order valence-electron chi connectivity index (χ1n) is 27.9. The fraction of sp³-hybridized carbons (Fsp3) is 0.393. The molecule has 0 atom stereocenters. The van der Waals surface area contributed by atoms with Gasteiger partial charge in [-0.2, -0.15) is 21.4 Å². The molecule has 23 heteroatoms. The number of hydrogen-bond donors (Lipinski definition) is 3. The van der Waals surface area contributed by atoms with Crippen LogP contribution in [0.1, 0.15) is 133 Å². The number of fused-ring (bicyclic) bond motifs is 6. The van der Waals surface area contributed by atoms with Crippen LogP contribution < -0.4 is 10.2 Å². The standard InChI is InChI=1S/C61H68N6O15S2/c1-39-33-47-46(52(34-39)84(79,80)81)25-27-50-58(47)60(3,4)53(64(50)31-14-8-10-17-43(68)18-16-30-62-38-41-22-23-42(66(72)73)36-51(41)67(74)75)19-11-7-12-20-54-61(5,6)59-48-37-44(83(76,77)78)35-40(2)45(48)24-26-49(59)63(54)32-15-9-13-21-57(71)82-65-55(69)28-29-56(65)70/h7,11-12,19-20,22-27,33-37,62H,8-10,13-18,21,28-32,38H2,1-6H3,(H-,76,77,78,79,80,81)/p+1. The van der Waals surface area contributed by atoms with Gasteiger partial charge in [0.25, 0.3) is 43.4 Å². The Morgan fingerprint density at radius 1 is 0.726 bits per heavy atom. The van der Waals surface area contributed by atoms with Gasteiger partial charge < -0.3 is 15.1 Å². The molecule has 2 amide bonds. The Bertz CT molecular complexity index is 3880. The molecule has 3 aliphatic heterocycles. The van der Waals surface area contributed by atoms with E-state index in [0.29, 0.717) is 109 Å². The first-order chi connectivity index (χ1) is 39.6. The average Bonchev–Trinajstić information content (AvgIpc) is 1.59. The average molecular weight is 1190 g/mol. The van der Waals surface area contributed by atoms with Crippen LogP contribution in [0, 0.1) is 34.1 Å². The molecule has 0 bridgehead atoms. The third-order valence-corrected chi connectivity index (χ3v) is 17.6. The second-order valence-corrected chi connectivity index (χ2v) is 25.4. The molecule has 0 aromatic heterocycles. The van der Waals surface area contributed by atoms with Crippen molar-refractivity contribution in [2.45, 2.75) is 146 Å². The molecule has 3 heterocycles. The number of imide groups is 1. The van der Waals surface area contributed by atoms with Crippen molar-refractivity contribution in [3.63, 3.8) is 0 Å². The lowest BCUT2D eigenvalue weighted by molar-refractivity contribution is -0.438. The van der Waals surface area contributed by atoms with E-state index < -0.39 is 58.7 Å². The number of hydroxylamine groups is 2.